The van der Waals surface area contributed by atoms with Crippen LogP contribution in [0.25, 0.3) is 0 Å². The van der Waals surface area contributed by atoms with E-state index in [0.29, 0.717) is 17.6 Å². The van der Waals surface area contributed by atoms with Crippen LogP contribution in [0.4, 0.5) is 5.69 Å². The molecule has 0 aliphatic rings. The monoisotopic (exact) mass is 379 g/mol. The molecular weight excluding hydrogens is 373 g/mol. The minimum absolute atomic E-state index is 0.102. The molecule has 0 bridgehead atoms. The Labute approximate surface area is 139 Å². The van der Waals surface area contributed by atoms with Crippen molar-refractivity contribution in [2.45, 2.75) is 15.5 Å². The molecule has 0 spiro atoms. The Kier molecular flexibility index (Phi) is 4.86. The van der Waals surface area contributed by atoms with Crippen LogP contribution in [-0.4, -0.2) is 19.6 Å². The molecule has 0 N–H and O–H groups in total. The molecule has 0 amide bonds. The van der Waals surface area contributed by atoms with Crippen LogP contribution in [0.3, 0.4) is 0 Å². The van der Waals surface area contributed by atoms with Crippen molar-refractivity contribution in [3.05, 3.63) is 49.3 Å². The lowest BCUT2D eigenvalue weighted by molar-refractivity contribution is -0.387. The second-order valence-corrected chi connectivity index (χ2v) is 8.19. The standard InChI is InChI=1S/C12H7Cl2NO5S2/c13-7-1-2-11(9(14)5-7)22(19,20)12-10(15(17)18)6-8(21-12)3-4-16/h1-2,4-6H,3H2. The average molecular weight is 380 g/mol. The van der Waals surface area contributed by atoms with Crippen molar-refractivity contribution in [1.29, 1.82) is 0 Å². The predicted octanol–water partition coefficient (Wildman–Crippen LogP) is 3.54. The van der Waals surface area contributed by atoms with Gasteiger partial charge in [-0.2, -0.15) is 0 Å². The van der Waals surface area contributed by atoms with Crippen molar-refractivity contribution in [1.82, 2.24) is 0 Å². The summed E-state index contributed by atoms with van der Waals surface area (Å²) in [4.78, 5) is 20.8. The lowest BCUT2D eigenvalue weighted by Crippen LogP contribution is -2.03. The minimum Gasteiger partial charge on any atom is -0.303 e. The predicted molar refractivity (Wildman–Crippen MR) is 82.7 cm³/mol. The number of hydrogen-bond donors (Lipinski definition) is 0. The molecule has 10 heteroatoms. The zero-order valence-electron chi connectivity index (χ0n) is 10.7. The SMILES string of the molecule is O=CCc1cc([N+](=O)[O-])c(S(=O)(=O)c2ccc(Cl)cc2Cl)s1. The van der Waals surface area contributed by atoms with Gasteiger partial charge in [0.2, 0.25) is 14.0 Å². The third-order valence-corrected chi connectivity index (χ3v) is 6.78. The molecule has 0 aliphatic heterocycles. The third-order valence-electron chi connectivity index (χ3n) is 2.64. The van der Waals surface area contributed by atoms with Crippen LogP contribution in [0.2, 0.25) is 10.0 Å². The van der Waals surface area contributed by atoms with Crippen LogP contribution < -0.4 is 0 Å². The number of nitro groups is 1. The highest BCUT2D eigenvalue weighted by atomic mass is 35.5. The summed E-state index contributed by atoms with van der Waals surface area (Å²) in [6.07, 6.45) is 0.441. The Morgan fingerprint density at radius 1 is 1.27 bits per heavy atom. The molecule has 0 saturated carbocycles. The summed E-state index contributed by atoms with van der Waals surface area (Å²) in [6.45, 7) is 0. The second-order valence-electron chi connectivity index (χ2n) is 4.09. The highest BCUT2D eigenvalue weighted by Crippen LogP contribution is 2.39. The third kappa shape index (κ3) is 3.14. The number of thiophene rings is 1. The average Bonchev–Trinajstić information content (AvgIpc) is 2.83. The Morgan fingerprint density at radius 3 is 2.50 bits per heavy atom. The highest BCUT2D eigenvalue weighted by molar-refractivity contribution is 7.93. The summed E-state index contributed by atoms with van der Waals surface area (Å²) in [6, 6.07) is 4.83. The van der Waals surface area contributed by atoms with Gasteiger partial charge < -0.3 is 4.79 Å². The summed E-state index contributed by atoms with van der Waals surface area (Å²) in [5.41, 5.74) is -0.576. The lowest BCUT2D eigenvalue weighted by atomic mass is 10.3. The van der Waals surface area contributed by atoms with Crippen molar-refractivity contribution < 1.29 is 18.1 Å². The van der Waals surface area contributed by atoms with Gasteiger partial charge in [-0.25, -0.2) is 8.42 Å². The van der Waals surface area contributed by atoms with E-state index < -0.39 is 24.7 Å². The highest BCUT2D eigenvalue weighted by Gasteiger charge is 2.32. The van der Waals surface area contributed by atoms with E-state index in [-0.39, 0.29) is 26.2 Å². The zero-order valence-corrected chi connectivity index (χ0v) is 13.8. The van der Waals surface area contributed by atoms with Crippen molar-refractivity contribution in [2.75, 3.05) is 0 Å². The maximum absolute atomic E-state index is 12.6. The normalized spacial score (nSPS) is 11.4. The first-order valence-corrected chi connectivity index (χ1v) is 8.74. The number of halogens is 2. The van der Waals surface area contributed by atoms with E-state index in [9.17, 15) is 23.3 Å². The Bertz CT molecular complexity index is 860. The molecule has 0 saturated heterocycles. The Morgan fingerprint density at radius 2 is 1.95 bits per heavy atom. The molecular formula is C12H7Cl2NO5S2. The van der Waals surface area contributed by atoms with Crippen molar-refractivity contribution >= 4 is 56.3 Å². The number of benzene rings is 1. The van der Waals surface area contributed by atoms with Gasteiger partial charge in [0.05, 0.1) is 14.8 Å². The summed E-state index contributed by atoms with van der Waals surface area (Å²) in [5.74, 6) is 0. The van der Waals surface area contributed by atoms with Crippen molar-refractivity contribution in [3.8, 4) is 0 Å². The van der Waals surface area contributed by atoms with E-state index in [1.54, 1.807) is 0 Å². The topological polar surface area (TPSA) is 94.3 Å². The minimum atomic E-state index is -4.19. The molecule has 0 unspecified atom stereocenters. The van der Waals surface area contributed by atoms with E-state index in [1.165, 1.54) is 18.2 Å². The second kappa shape index (κ2) is 6.33. The first kappa shape index (κ1) is 16.9. The molecule has 1 aromatic heterocycles. The van der Waals surface area contributed by atoms with Gasteiger partial charge in [-0.3, -0.25) is 10.1 Å². The van der Waals surface area contributed by atoms with Gasteiger partial charge in [-0.05, 0) is 18.2 Å². The maximum atomic E-state index is 12.6. The van der Waals surface area contributed by atoms with E-state index in [4.69, 9.17) is 23.2 Å². The molecule has 0 fully saturated rings. The number of carbonyl (C=O) groups is 1. The van der Waals surface area contributed by atoms with Crippen LogP contribution in [0.15, 0.2) is 33.4 Å². The van der Waals surface area contributed by atoms with Gasteiger partial charge in [0.15, 0.2) is 0 Å². The number of nitrogens with zero attached hydrogens (tertiary/aromatic N) is 1. The molecule has 2 rings (SSSR count). The molecule has 22 heavy (non-hydrogen) atoms. The van der Waals surface area contributed by atoms with Crippen molar-refractivity contribution in [3.63, 3.8) is 0 Å². The quantitative estimate of drug-likeness (QED) is 0.449. The van der Waals surface area contributed by atoms with Gasteiger partial charge in [-0.1, -0.05) is 23.2 Å². The summed E-state index contributed by atoms with van der Waals surface area (Å²) in [5, 5.41) is 11.2. The molecule has 0 aliphatic carbocycles. The van der Waals surface area contributed by atoms with Gasteiger partial charge in [0, 0.05) is 22.4 Å². The maximum Gasteiger partial charge on any atom is 0.299 e. The fraction of sp³-hybridized carbons (Fsp3) is 0.0833. The molecule has 116 valence electrons. The first-order chi connectivity index (χ1) is 10.3. The van der Waals surface area contributed by atoms with Crippen LogP contribution >= 0.6 is 34.5 Å². The van der Waals surface area contributed by atoms with Gasteiger partial charge in [0.25, 0.3) is 5.69 Å². The summed E-state index contributed by atoms with van der Waals surface area (Å²) in [7, 11) is -4.19. The zero-order chi connectivity index (χ0) is 16.5. The van der Waals surface area contributed by atoms with E-state index in [2.05, 4.69) is 0 Å². The van der Waals surface area contributed by atoms with Gasteiger partial charge >= 0.3 is 0 Å². The van der Waals surface area contributed by atoms with E-state index >= 15 is 0 Å². The number of sulfone groups is 1. The number of aldehydes is 1. The van der Waals surface area contributed by atoms with Gasteiger partial charge in [0.1, 0.15) is 6.29 Å². The Balaban J connectivity index is 2.67. The van der Waals surface area contributed by atoms with E-state index in [1.807, 2.05) is 0 Å². The van der Waals surface area contributed by atoms with Crippen LogP contribution in [0, 0.1) is 10.1 Å². The van der Waals surface area contributed by atoms with Crippen LogP contribution in [0.5, 0.6) is 0 Å². The van der Waals surface area contributed by atoms with Crippen LogP contribution in [0.1, 0.15) is 4.88 Å². The van der Waals surface area contributed by atoms with Crippen molar-refractivity contribution in [2.24, 2.45) is 0 Å². The molecule has 1 aromatic carbocycles. The fourth-order valence-electron chi connectivity index (χ4n) is 1.71. The lowest BCUT2D eigenvalue weighted by Gasteiger charge is -2.04. The molecule has 0 atom stereocenters. The number of hydrogen-bond acceptors (Lipinski definition) is 6. The van der Waals surface area contributed by atoms with Crippen LogP contribution in [-0.2, 0) is 21.1 Å². The first-order valence-electron chi connectivity index (χ1n) is 5.68. The smallest absolute Gasteiger partial charge is 0.299 e. The molecule has 2 aromatic rings. The summed E-state index contributed by atoms with van der Waals surface area (Å²) < 4.78 is 24.7. The largest absolute Gasteiger partial charge is 0.303 e. The molecule has 1 heterocycles. The fourth-order valence-corrected chi connectivity index (χ4v) is 5.42. The number of rotatable bonds is 5. The van der Waals surface area contributed by atoms with E-state index in [0.717, 1.165) is 6.07 Å². The molecule has 0 radical (unpaired) electrons. The van der Waals surface area contributed by atoms with Gasteiger partial charge in [-0.15, -0.1) is 11.3 Å². The Hall–Kier alpha value is -1.48. The molecule has 6 nitrogen and oxygen atoms in total. The number of carbonyl (C=O) groups excluding carboxylic acids is 1. The summed E-state index contributed by atoms with van der Waals surface area (Å²) >= 11 is 12.3.